The molecular weight excluding hydrogens is 270 g/mol. The van der Waals surface area contributed by atoms with E-state index in [9.17, 15) is 19.1 Å². The summed E-state index contributed by atoms with van der Waals surface area (Å²) >= 11 is 0. The van der Waals surface area contributed by atoms with Gasteiger partial charge >= 0.3 is 5.97 Å². The van der Waals surface area contributed by atoms with Crippen LogP contribution < -0.4 is 0 Å². The zero-order valence-corrected chi connectivity index (χ0v) is 10.4. The molecule has 0 heterocycles. The molecule has 0 aromatic heterocycles. The van der Waals surface area contributed by atoms with E-state index in [0.29, 0.717) is 10.8 Å². The van der Waals surface area contributed by atoms with Crippen LogP contribution in [0, 0.1) is 10.1 Å². The quantitative estimate of drug-likeness (QED) is 0.681. The molecule has 0 saturated heterocycles. The Hall–Kier alpha value is -2.28. The van der Waals surface area contributed by atoms with Crippen LogP contribution in [0.3, 0.4) is 0 Å². The van der Waals surface area contributed by atoms with E-state index < -0.39 is 27.4 Å². The Balaban J connectivity index is 2.55. The fourth-order valence-corrected chi connectivity index (χ4v) is 2.59. The number of benzene rings is 2. The molecule has 19 heavy (non-hydrogen) atoms. The van der Waals surface area contributed by atoms with E-state index in [-0.39, 0.29) is 10.6 Å². The summed E-state index contributed by atoms with van der Waals surface area (Å²) in [4.78, 5) is 21.2. The SMILES string of the molecule is O=C(O)CS(=O)c1ccc2cccc([N+](=O)[O-])c2c1. The third-order valence-corrected chi connectivity index (χ3v) is 3.83. The van der Waals surface area contributed by atoms with Crippen LogP contribution in [0.5, 0.6) is 0 Å². The van der Waals surface area contributed by atoms with Gasteiger partial charge in [0.05, 0.1) is 21.1 Å². The second-order valence-electron chi connectivity index (χ2n) is 3.80. The van der Waals surface area contributed by atoms with Crippen molar-refractivity contribution in [3.63, 3.8) is 0 Å². The number of non-ortho nitro benzene ring substituents is 1. The maximum atomic E-state index is 11.7. The maximum Gasteiger partial charge on any atom is 0.316 e. The predicted octanol–water partition coefficient (Wildman–Crippen LogP) is 1.94. The van der Waals surface area contributed by atoms with Crippen molar-refractivity contribution in [2.75, 3.05) is 5.75 Å². The number of aliphatic carboxylic acids is 1. The second-order valence-corrected chi connectivity index (χ2v) is 5.25. The van der Waals surface area contributed by atoms with Gasteiger partial charge in [-0.3, -0.25) is 19.1 Å². The molecule has 2 aromatic rings. The first-order valence-corrected chi connectivity index (χ1v) is 6.58. The number of rotatable bonds is 4. The van der Waals surface area contributed by atoms with Gasteiger partial charge in [0.25, 0.3) is 5.69 Å². The van der Waals surface area contributed by atoms with Gasteiger partial charge in [-0.15, -0.1) is 0 Å². The van der Waals surface area contributed by atoms with E-state index in [1.165, 1.54) is 18.2 Å². The lowest BCUT2D eigenvalue weighted by atomic mass is 10.1. The van der Waals surface area contributed by atoms with Crippen LogP contribution in [-0.4, -0.2) is 26.0 Å². The molecule has 0 spiro atoms. The van der Waals surface area contributed by atoms with Crippen molar-refractivity contribution in [2.45, 2.75) is 4.90 Å². The predicted molar refractivity (Wildman–Crippen MR) is 69.5 cm³/mol. The number of nitro groups is 1. The standard InChI is InChI=1S/C12H9NO5S/c14-12(15)7-19(18)9-5-4-8-2-1-3-11(13(16)17)10(8)6-9/h1-6H,7H2,(H,14,15). The summed E-state index contributed by atoms with van der Waals surface area (Å²) in [6.45, 7) is 0. The highest BCUT2D eigenvalue weighted by molar-refractivity contribution is 7.85. The molecule has 6 nitrogen and oxygen atoms in total. The first-order valence-electron chi connectivity index (χ1n) is 5.26. The largest absolute Gasteiger partial charge is 0.481 e. The summed E-state index contributed by atoms with van der Waals surface area (Å²) in [6.07, 6.45) is 0. The van der Waals surface area contributed by atoms with Gasteiger partial charge < -0.3 is 5.11 Å². The van der Waals surface area contributed by atoms with Gasteiger partial charge in [0.1, 0.15) is 5.75 Å². The summed E-state index contributed by atoms with van der Waals surface area (Å²) in [7, 11) is -1.71. The average Bonchev–Trinajstić information content (AvgIpc) is 2.36. The summed E-state index contributed by atoms with van der Waals surface area (Å²) in [5.41, 5.74) is -0.0910. The highest BCUT2D eigenvalue weighted by atomic mass is 32.2. The van der Waals surface area contributed by atoms with E-state index in [1.54, 1.807) is 18.2 Å². The van der Waals surface area contributed by atoms with Crippen molar-refractivity contribution in [1.29, 1.82) is 0 Å². The van der Waals surface area contributed by atoms with Gasteiger partial charge in [0.15, 0.2) is 0 Å². The highest BCUT2D eigenvalue weighted by Crippen LogP contribution is 2.27. The van der Waals surface area contributed by atoms with Gasteiger partial charge in [-0.2, -0.15) is 0 Å². The van der Waals surface area contributed by atoms with Gasteiger partial charge in [-0.25, -0.2) is 0 Å². The van der Waals surface area contributed by atoms with Gasteiger partial charge in [-0.1, -0.05) is 18.2 Å². The molecule has 2 aromatic carbocycles. The average molecular weight is 279 g/mol. The van der Waals surface area contributed by atoms with Gasteiger partial charge in [-0.05, 0) is 17.5 Å². The zero-order valence-electron chi connectivity index (χ0n) is 9.61. The van der Waals surface area contributed by atoms with Gasteiger partial charge in [0, 0.05) is 11.0 Å². The molecule has 0 aliphatic carbocycles. The van der Waals surface area contributed by atoms with Crippen LogP contribution in [0.1, 0.15) is 0 Å². The number of nitrogens with zero attached hydrogens (tertiary/aromatic N) is 1. The number of carboxylic acids is 1. The Morgan fingerprint density at radius 3 is 2.68 bits per heavy atom. The van der Waals surface area contributed by atoms with Crippen molar-refractivity contribution in [2.24, 2.45) is 0 Å². The molecule has 98 valence electrons. The maximum absolute atomic E-state index is 11.7. The van der Waals surface area contributed by atoms with E-state index in [1.807, 2.05) is 0 Å². The number of nitro benzene ring substituents is 1. The Morgan fingerprint density at radius 2 is 2.05 bits per heavy atom. The molecule has 0 radical (unpaired) electrons. The summed E-state index contributed by atoms with van der Waals surface area (Å²) < 4.78 is 11.7. The fraction of sp³-hybridized carbons (Fsp3) is 0.0833. The second kappa shape index (κ2) is 5.15. The molecule has 0 amide bonds. The van der Waals surface area contributed by atoms with Crippen LogP contribution in [-0.2, 0) is 15.6 Å². The number of hydrogen-bond donors (Lipinski definition) is 1. The van der Waals surface area contributed by atoms with Crippen molar-refractivity contribution in [3.8, 4) is 0 Å². The van der Waals surface area contributed by atoms with Gasteiger partial charge in [0.2, 0.25) is 0 Å². The zero-order chi connectivity index (χ0) is 14.0. The van der Waals surface area contributed by atoms with Crippen molar-refractivity contribution in [3.05, 3.63) is 46.5 Å². The normalized spacial score (nSPS) is 12.2. The molecule has 0 bridgehead atoms. The smallest absolute Gasteiger partial charge is 0.316 e. The van der Waals surface area contributed by atoms with E-state index >= 15 is 0 Å². The molecule has 7 heteroatoms. The molecular formula is C12H9NO5S. The fourth-order valence-electron chi connectivity index (χ4n) is 1.73. The number of fused-ring (bicyclic) bond motifs is 1. The molecule has 1 unspecified atom stereocenters. The van der Waals surface area contributed by atoms with Crippen LogP contribution in [0.25, 0.3) is 10.8 Å². The first-order chi connectivity index (χ1) is 8.99. The number of carbonyl (C=O) groups is 1. The Morgan fingerprint density at radius 1 is 1.32 bits per heavy atom. The minimum atomic E-state index is -1.71. The van der Waals surface area contributed by atoms with Crippen LogP contribution >= 0.6 is 0 Å². The summed E-state index contributed by atoms with van der Waals surface area (Å²) in [6, 6.07) is 9.14. The minimum absolute atomic E-state index is 0.0910. The molecule has 1 atom stereocenters. The van der Waals surface area contributed by atoms with Crippen molar-refractivity contribution >= 4 is 33.2 Å². The van der Waals surface area contributed by atoms with Crippen molar-refractivity contribution in [1.82, 2.24) is 0 Å². The molecule has 0 saturated carbocycles. The number of carboxylic acid groups (broad SMARTS) is 1. The van der Waals surface area contributed by atoms with Crippen LogP contribution in [0.2, 0.25) is 0 Å². The Kier molecular flexibility index (Phi) is 3.57. The molecule has 0 aliphatic heterocycles. The van der Waals surface area contributed by atoms with E-state index in [2.05, 4.69) is 0 Å². The third-order valence-electron chi connectivity index (χ3n) is 2.54. The Bertz CT molecular complexity index is 698. The lowest BCUT2D eigenvalue weighted by Crippen LogP contribution is -2.09. The molecule has 0 aliphatic rings. The first kappa shape index (κ1) is 13.2. The van der Waals surface area contributed by atoms with Crippen LogP contribution in [0.4, 0.5) is 5.69 Å². The monoisotopic (exact) mass is 279 g/mol. The summed E-state index contributed by atoms with van der Waals surface area (Å²) in [5, 5.41) is 20.5. The lowest BCUT2D eigenvalue weighted by molar-refractivity contribution is -0.383. The molecule has 1 N–H and O–H groups in total. The number of hydrogen-bond acceptors (Lipinski definition) is 4. The van der Waals surface area contributed by atoms with Crippen molar-refractivity contribution < 1.29 is 19.0 Å². The lowest BCUT2D eigenvalue weighted by Gasteiger charge is -2.03. The molecule has 0 fully saturated rings. The Labute approximate surface area is 110 Å². The summed E-state index contributed by atoms with van der Waals surface area (Å²) in [5.74, 6) is -1.70. The molecule has 2 rings (SSSR count). The van der Waals surface area contributed by atoms with E-state index in [0.717, 1.165) is 0 Å². The minimum Gasteiger partial charge on any atom is -0.481 e. The topological polar surface area (TPSA) is 97.5 Å². The third kappa shape index (κ3) is 2.76. The van der Waals surface area contributed by atoms with E-state index in [4.69, 9.17) is 5.11 Å². The van der Waals surface area contributed by atoms with Crippen LogP contribution in [0.15, 0.2) is 41.3 Å². The highest BCUT2D eigenvalue weighted by Gasteiger charge is 2.14.